The van der Waals surface area contributed by atoms with E-state index >= 15 is 0 Å². The summed E-state index contributed by atoms with van der Waals surface area (Å²) in [7, 11) is -1.92. The summed E-state index contributed by atoms with van der Waals surface area (Å²) in [6.45, 7) is 5.43. The molecule has 8 heavy (non-hydrogen) atoms. The molecule has 0 saturated carbocycles. The van der Waals surface area contributed by atoms with Gasteiger partial charge in [-0.3, -0.25) is 4.57 Å². The zero-order valence-electron chi connectivity index (χ0n) is 5.15. The van der Waals surface area contributed by atoms with Crippen LogP contribution >= 0.6 is 18.5 Å². The van der Waals surface area contributed by atoms with Crippen LogP contribution in [0.25, 0.3) is 0 Å². The van der Waals surface area contributed by atoms with Crippen LogP contribution in [0.5, 0.6) is 0 Å². The first kappa shape index (κ1) is 8.48. The fraction of sp³-hybridized carbons (Fsp3) is 1.00. The lowest BCUT2D eigenvalue weighted by Gasteiger charge is -2.11. The molecule has 0 aromatic heterocycles. The molecule has 0 heterocycles. The zero-order valence-corrected chi connectivity index (χ0v) is 6.90. The summed E-state index contributed by atoms with van der Waals surface area (Å²) in [5.41, 5.74) is 0. The minimum atomic E-state index is -1.92. The Labute approximate surface area is 55.5 Å². The topological polar surface area (TPSA) is 20.3 Å². The summed E-state index contributed by atoms with van der Waals surface area (Å²) in [5.74, 6) is 0. The van der Waals surface area contributed by atoms with Gasteiger partial charge in [0.05, 0.1) is 0 Å². The standard InChI is InChI=1S/C4H11ClNOP/c1-3-6(4-2)8(5)7/h8H,3-4H2,1-2H3. The van der Waals surface area contributed by atoms with Gasteiger partial charge in [0.15, 0.2) is 0 Å². The van der Waals surface area contributed by atoms with Gasteiger partial charge in [0, 0.05) is 13.1 Å². The molecular weight excluding hydrogens is 144 g/mol. The van der Waals surface area contributed by atoms with Crippen molar-refractivity contribution < 1.29 is 4.57 Å². The Morgan fingerprint density at radius 3 is 1.88 bits per heavy atom. The quantitative estimate of drug-likeness (QED) is 0.581. The van der Waals surface area contributed by atoms with Gasteiger partial charge < -0.3 is 0 Å². The first-order valence-electron chi connectivity index (χ1n) is 2.66. The van der Waals surface area contributed by atoms with Crippen LogP contribution in [0.15, 0.2) is 0 Å². The van der Waals surface area contributed by atoms with E-state index in [-0.39, 0.29) is 0 Å². The first-order chi connectivity index (χ1) is 3.72. The van der Waals surface area contributed by atoms with Crippen molar-refractivity contribution in [1.82, 2.24) is 4.67 Å². The van der Waals surface area contributed by atoms with Crippen molar-refractivity contribution in [1.29, 1.82) is 0 Å². The number of rotatable bonds is 3. The van der Waals surface area contributed by atoms with E-state index in [4.69, 9.17) is 11.2 Å². The van der Waals surface area contributed by atoms with Gasteiger partial charge >= 0.3 is 0 Å². The molecule has 2 nitrogen and oxygen atoms in total. The van der Waals surface area contributed by atoms with E-state index in [2.05, 4.69) is 0 Å². The predicted molar refractivity (Wildman–Crippen MR) is 37.8 cm³/mol. The molecule has 0 spiro atoms. The predicted octanol–water partition coefficient (Wildman–Crippen LogP) is 1.96. The molecule has 0 saturated heterocycles. The van der Waals surface area contributed by atoms with Gasteiger partial charge in [0.25, 0.3) is 0 Å². The third-order valence-corrected chi connectivity index (χ3v) is 2.86. The molecule has 0 fully saturated rings. The average Bonchev–Trinajstić information content (AvgIpc) is 1.69. The van der Waals surface area contributed by atoms with Gasteiger partial charge in [-0.2, -0.15) is 0 Å². The monoisotopic (exact) mass is 155 g/mol. The molecule has 0 rings (SSSR count). The van der Waals surface area contributed by atoms with Crippen LogP contribution in [-0.4, -0.2) is 17.8 Å². The maximum Gasteiger partial charge on any atom is 0.223 e. The lowest BCUT2D eigenvalue weighted by molar-refractivity contribution is 0.471. The molecule has 1 atom stereocenters. The van der Waals surface area contributed by atoms with Crippen molar-refractivity contribution in [3.8, 4) is 0 Å². The molecule has 0 N–H and O–H groups in total. The highest BCUT2D eigenvalue weighted by Crippen LogP contribution is 2.30. The molecule has 4 heteroatoms. The normalized spacial score (nSPS) is 14.5. The highest BCUT2D eigenvalue weighted by Gasteiger charge is 2.01. The SMILES string of the molecule is CCN(CC)[PH](=O)Cl. The minimum absolute atomic E-state index is 0.776. The fourth-order valence-corrected chi connectivity index (χ4v) is 1.69. The average molecular weight is 156 g/mol. The zero-order chi connectivity index (χ0) is 6.57. The summed E-state index contributed by atoms with van der Waals surface area (Å²) in [6, 6.07) is 0. The Bertz CT molecular complexity index is 84.1. The van der Waals surface area contributed by atoms with E-state index in [1.54, 1.807) is 4.67 Å². The molecule has 0 aromatic rings. The van der Waals surface area contributed by atoms with Crippen LogP contribution in [-0.2, 0) is 4.57 Å². The van der Waals surface area contributed by atoms with E-state index in [1.165, 1.54) is 0 Å². The number of halogens is 1. The van der Waals surface area contributed by atoms with E-state index in [0.29, 0.717) is 0 Å². The van der Waals surface area contributed by atoms with Crippen LogP contribution in [0.2, 0.25) is 0 Å². The van der Waals surface area contributed by atoms with Gasteiger partial charge in [0.2, 0.25) is 7.30 Å². The van der Waals surface area contributed by atoms with E-state index in [1.807, 2.05) is 13.8 Å². The molecule has 0 aliphatic carbocycles. The van der Waals surface area contributed by atoms with Crippen molar-refractivity contribution in [2.45, 2.75) is 13.8 Å². The molecule has 0 aromatic carbocycles. The molecule has 50 valence electrons. The van der Waals surface area contributed by atoms with Gasteiger partial charge in [0.1, 0.15) is 0 Å². The summed E-state index contributed by atoms with van der Waals surface area (Å²) in [5, 5.41) is 0. The third kappa shape index (κ3) is 2.71. The first-order valence-corrected chi connectivity index (χ1v) is 5.03. The lowest BCUT2D eigenvalue weighted by Crippen LogP contribution is -2.11. The summed E-state index contributed by atoms with van der Waals surface area (Å²) in [6.07, 6.45) is 0. The van der Waals surface area contributed by atoms with Crippen molar-refractivity contribution in [2.75, 3.05) is 13.1 Å². The van der Waals surface area contributed by atoms with E-state index in [9.17, 15) is 4.57 Å². The molecule has 0 amide bonds. The summed E-state index contributed by atoms with van der Waals surface area (Å²) >= 11 is 5.32. The minimum Gasteiger partial charge on any atom is -0.292 e. The van der Waals surface area contributed by atoms with Crippen LogP contribution < -0.4 is 0 Å². The summed E-state index contributed by atoms with van der Waals surface area (Å²) < 4.78 is 12.2. The fourth-order valence-electron chi connectivity index (χ4n) is 0.472. The smallest absolute Gasteiger partial charge is 0.223 e. The van der Waals surface area contributed by atoms with Crippen LogP contribution in [0.1, 0.15) is 13.8 Å². The van der Waals surface area contributed by atoms with Gasteiger partial charge in [-0.05, 0) is 11.2 Å². The Hall–Kier alpha value is 0.480. The second-order valence-corrected chi connectivity index (χ2v) is 3.53. The number of hydrogen-bond donors (Lipinski definition) is 0. The number of hydrogen-bond acceptors (Lipinski definition) is 1. The maximum atomic E-state index is 10.5. The highest BCUT2D eigenvalue weighted by atomic mass is 35.7. The van der Waals surface area contributed by atoms with E-state index in [0.717, 1.165) is 13.1 Å². The Kier molecular flexibility index (Phi) is 4.63. The second-order valence-electron chi connectivity index (χ2n) is 1.43. The van der Waals surface area contributed by atoms with Crippen molar-refractivity contribution >= 4 is 18.5 Å². The van der Waals surface area contributed by atoms with Gasteiger partial charge in [-0.25, -0.2) is 4.67 Å². The molecule has 1 unspecified atom stereocenters. The second kappa shape index (κ2) is 4.37. The van der Waals surface area contributed by atoms with Crippen LogP contribution in [0.4, 0.5) is 0 Å². The van der Waals surface area contributed by atoms with Crippen LogP contribution in [0, 0.1) is 0 Å². The number of nitrogens with zero attached hydrogens (tertiary/aromatic N) is 1. The lowest BCUT2D eigenvalue weighted by atomic mass is 10.7. The highest BCUT2D eigenvalue weighted by molar-refractivity contribution is 7.71. The molecule has 0 aliphatic heterocycles. The van der Waals surface area contributed by atoms with Crippen molar-refractivity contribution in [2.24, 2.45) is 0 Å². The van der Waals surface area contributed by atoms with Crippen LogP contribution in [0.3, 0.4) is 0 Å². The molecule has 0 aliphatic rings. The Morgan fingerprint density at radius 2 is 1.88 bits per heavy atom. The van der Waals surface area contributed by atoms with Gasteiger partial charge in [-0.1, -0.05) is 13.8 Å². The third-order valence-electron chi connectivity index (χ3n) is 1.01. The molecule has 0 bridgehead atoms. The van der Waals surface area contributed by atoms with Crippen molar-refractivity contribution in [3.63, 3.8) is 0 Å². The largest absolute Gasteiger partial charge is 0.292 e. The van der Waals surface area contributed by atoms with Crippen molar-refractivity contribution in [3.05, 3.63) is 0 Å². The Balaban J connectivity index is 3.52. The molecular formula is C4H11ClNOP. The molecule has 0 radical (unpaired) electrons. The van der Waals surface area contributed by atoms with E-state index < -0.39 is 7.30 Å². The van der Waals surface area contributed by atoms with Gasteiger partial charge in [-0.15, -0.1) is 0 Å². The Morgan fingerprint density at radius 1 is 1.50 bits per heavy atom. The maximum absolute atomic E-state index is 10.5. The summed E-state index contributed by atoms with van der Waals surface area (Å²) in [4.78, 5) is 0.